The van der Waals surface area contributed by atoms with Crippen LogP contribution in [0.1, 0.15) is 0 Å². The van der Waals surface area contributed by atoms with Gasteiger partial charge in [-0.05, 0) is 0 Å². The van der Waals surface area contributed by atoms with Crippen LogP contribution >= 0.6 is 0 Å². The van der Waals surface area contributed by atoms with Gasteiger partial charge in [0.2, 0.25) is 5.96 Å². The number of nitrogens with one attached hydrogen (secondary N) is 1. The quantitative estimate of drug-likeness (QED) is 0.289. The summed E-state index contributed by atoms with van der Waals surface area (Å²) in [6, 6.07) is 0. The van der Waals surface area contributed by atoms with E-state index in [0.29, 0.717) is 0 Å². The molecule has 7 heteroatoms. The lowest BCUT2D eigenvalue weighted by Crippen LogP contribution is -2.33. The molecule has 0 aliphatic carbocycles. The van der Waals surface area contributed by atoms with E-state index in [0.717, 1.165) is 4.90 Å². The zero-order valence-corrected chi connectivity index (χ0v) is 6.61. The van der Waals surface area contributed by atoms with Gasteiger partial charge in [-0.15, -0.1) is 0 Å². The Morgan fingerprint density at radius 2 is 2.17 bits per heavy atom. The molecular weight excluding hydrogens is 162 g/mol. The zero-order chi connectivity index (χ0) is 9.72. The lowest BCUT2D eigenvalue weighted by molar-refractivity contribution is -0.137. The van der Waals surface area contributed by atoms with Crippen LogP contribution in [0.15, 0.2) is 4.99 Å². The van der Waals surface area contributed by atoms with E-state index in [9.17, 15) is 4.79 Å². The molecule has 0 aliphatic heterocycles. The van der Waals surface area contributed by atoms with E-state index in [2.05, 4.69) is 4.99 Å². The Bertz CT molecular complexity index is 220. The lowest BCUT2D eigenvalue weighted by atomic mass is 10.6. The summed E-state index contributed by atoms with van der Waals surface area (Å²) in [5.74, 6) is -1.59. The highest BCUT2D eigenvalue weighted by molar-refractivity contribution is 5.92. The van der Waals surface area contributed by atoms with Gasteiger partial charge in [-0.2, -0.15) is 4.99 Å². The van der Waals surface area contributed by atoms with Crippen LogP contribution < -0.4 is 11.5 Å². The van der Waals surface area contributed by atoms with Crippen LogP contribution in [0.3, 0.4) is 0 Å². The number of hydrogen-bond acceptors (Lipinski definition) is 2. The number of aliphatic carboxylic acids is 1. The Morgan fingerprint density at radius 1 is 1.67 bits per heavy atom. The van der Waals surface area contributed by atoms with Crippen molar-refractivity contribution in [2.24, 2.45) is 16.5 Å². The normalized spacial score (nSPS) is 8.75. The van der Waals surface area contributed by atoms with Gasteiger partial charge in [-0.25, -0.2) is 0 Å². The number of hydrogen-bond donors (Lipinski definition) is 4. The lowest BCUT2D eigenvalue weighted by Gasteiger charge is -2.13. The van der Waals surface area contributed by atoms with Crippen LogP contribution in [0.25, 0.3) is 0 Å². The number of likely N-dealkylation sites (N-methyl/N-ethyl adjacent to an activating group) is 1. The average molecular weight is 173 g/mol. The number of rotatable bonds is 2. The minimum Gasteiger partial charge on any atom is -0.480 e. The summed E-state index contributed by atoms with van der Waals surface area (Å²) >= 11 is 0. The maximum absolute atomic E-state index is 10.2. The monoisotopic (exact) mass is 173 g/mol. The number of carboxylic acid groups (broad SMARTS) is 1. The molecule has 0 fully saturated rings. The Hall–Kier alpha value is -1.79. The van der Waals surface area contributed by atoms with Crippen LogP contribution in [0.5, 0.6) is 0 Å². The van der Waals surface area contributed by atoms with E-state index >= 15 is 0 Å². The van der Waals surface area contributed by atoms with E-state index in [1.165, 1.54) is 7.05 Å². The minimum absolute atomic E-state index is 0.266. The average Bonchev–Trinajstić information content (AvgIpc) is 1.84. The molecule has 0 heterocycles. The summed E-state index contributed by atoms with van der Waals surface area (Å²) in [6.07, 6.45) is 0. The molecule has 0 aromatic rings. The molecule has 0 aromatic carbocycles. The van der Waals surface area contributed by atoms with E-state index in [1.807, 2.05) is 0 Å². The fraction of sp³-hybridized carbons (Fsp3) is 0.400. The smallest absolute Gasteiger partial charge is 0.323 e. The second kappa shape index (κ2) is 4.16. The second-order valence-electron chi connectivity index (χ2n) is 2.11. The van der Waals surface area contributed by atoms with Crippen molar-refractivity contribution in [1.29, 1.82) is 5.41 Å². The third-order valence-corrected chi connectivity index (χ3v) is 0.969. The van der Waals surface area contributed by atoms with Gasteiger partial charge in [0, 0.05) is 7.05 Å². The van der Waals surface area contributed by atoms with Crippen LogP contribution in [0.2, 0.25) is 0 Å². The predicted octanol–water partition coefficient (Wildman–Crippen LogP) is -1.79. The first kappa shape index (κ1) is 10.2. The Kier molecular flexibility index (Phi) is 3.54. The van der Waals surface area contributed by atoms with E-state index in [1.54, 1.807) is 0 Å². The van der Waals surface area contributed by atoms with Crippen molar-refractivity contribution in [2.75, 3.05) is 13.6 Å². The minimum atomic E-state index is -1.05. The van der Waals surface area contributed by atoms with Crippen LogP contribution in [-0.2, 0) is 4.79 Å². The summed E-state index contributed by atoms with van der Waals surface area (Å²) in [4.78, 5) is 14.6. The summed E-state index contributed by atoms with van der Waals surface area (Å²) in [6.45, 7) is -0.310. The molecule has 0 spiro atoms. The van der Waals surface area contributed by atoms with E-state index < -0.39 is 5.97 Å². The van der Waals surface area contributed by atoms with Crippen molar-refractivity contribution in [3.05, 3.63) is 0 Å². The molecule has 0 rings (SSSR count). The molecule has 0 aromatic heterocycles. The molecular formula is C5H11N5O2. The summed E-state index contributed by atoms with van der Waals surface area (Å²) < 4.78 is 0. The largest absolute Gasteiger partial charge is 0.480 e. The highest BCUT2D eigenvalue weighted by Gasteiger charge is 2.06. The molecule has 7 nitrogen and oxygen atoms in total. The van der Waals surface area contributed by atoms with Crippen LogP contribution in [0.4, 0.5) is 0 Å². The molecule has 0 amide bonds. The van der Waals surface area contributed by atoms with Crippen molar-refractivity contribution >= 4 is 17.9 Å². The van der Waals surface area contributed by atoms with Crippen LogP contribution in [0, 0.1) is 5.41 Å². The number of carboxylic acids is 1. The third-order valence-electron chi connectivity index (χ3n) is 0.969. The molecule has 0 saturated carbocycles. The third kappa shape index (κ3) is 4.09. The molecule has 0 unspecified atom stereocenters. The van der Waals surface area contributed by atoms with Gasteiger partial charge in [-0.1, -0.05) is 0 Å². The van der Waals surface area contributed by atoms with Crippen molar-refractivity contribution in [3.63, 3.8) is 0 Å². The Morgan fingerprint density at radius 3 is 2.50 bits per heavy atom. The highest BCUT2D eigenvalue weighted by Crippen LogP contribution is 1.85. The first-order valence-electron chi connectivity index (χ1n) is 3.04. The fourth-order valence-corrected chi connectivity index (χ4v) is 0.485. The summed E-state index contributed by atoms with van der Waals surface area (Å²) in [7, 11) is 1.41. The predicted molar refractivity (Wildman–Crippen MR) is 43.8 cm³/mol. The number of carbonyl (C=O) groups is 1. The SMILES string of the molecule is CN(CC(=O)O)C(=N)N=C(N)N. The van der Waals surface area contributed by atoms with Gasteiger partial charge in [0.05, 0.1) is 0 Å². The maximum atomic E-state index is 10.2. The van der Waals surface area contributed by atoms with Gasteiger partial charge in [0.15, 0.2) is 5.96 Å². The molecule has 6 N–H and O–H groups in total. The highest BCUT2D eigenvalue weighted by atomic mass is 16.4. The maximum Gasteiger partial charge on any atom is 0.323 e. The van der Waals surface area contributed by atoms with Gasteiger partial charge in [0.25, 0.3) is 0 Å². The molecule has 0 radical (unpaired) electrons. The molecule has 0 aliphatic rings. The van der Waals surface area contributed by atoms with Crippen molar-refractivity contribution < 1.29 is 9.90 Å². The number of nitrogens with zero attached hydrogens (tertiary/aromatic N) is 2. The van der Waals surface area contributed by atoms with E-state index in [4.69, 9.17) is 22.0 Å². The van der Waals surface area contributed by atoms with Gasteiger partial charge in [-0.3, -0.25) is 10.2 Å². The topological polar surface area (TPSA) is 129 Å². The number of aliphatic imine (C=N–C) groups is 1. The number of guanidine groups is 2. The molecule has 0 bridgehead atoms. The summed E-state index contributed by atoms with van der Waals surface area (Å²) in [5.41, 5.74) is 9.95. The standard InChI is InChI=1S/C5H11N5O2/c1-10(2-3(11)12)5(8)9-4(6)7/h2H2,1H3,(H,11,12)(H5,6,7,8,9). The van der Waals surface area contributed by atoms with Crippen molar-refractivity contribution in [2.45, 2.75) is 0 Å². The first-order chi connectivity index (χ1) is 5.43. The first-order valence-corrected chi connectivity index (χ1v) is 3.04. The van der Waals surface area contributed by atoms with Crippen molar-refractivity contribution in [3.8, 4) is 0 Å². The number of nitrogens with two attached hydrogens (primary N) is 2. The Labute approximate surface area is 69.2 Å². The van der Waals surface area contributed by atoms with Crippen LogP contribution in [-0.4, -0.2) is 41.5 Å². The van der Waals surface area contributed by atoms with Gasteiger partial charge < -0.3 is 21.5 Å². The van der Waals surface area contributed by atoms with Gasteiger partial charge in [0.1, 0.15) is 6.54 Å². The Balaban J connectivity index is 4.11. The zero-order valence-electron chi connectivity index (χ0n) is 6.61. The summed E-state index contributed by atoms with van der Waals surface area (Å²) in [5, 5.41) is 15.5. The fourth-order valence-electron chi connectivity index (χ4n) is 0.485. The molecule has 12 heavy (non-hydrogen) atoms. The molecule has 0 saturated heterocycles. The van der Waals surface area contributed by atoms with Crippen molar-refractivity contribution in [1.82, 2.24) is 4.90 Å². The molecule has 68 valence electrons. The second-order valence-corrected chi connectivity index (χ2v) is 2.11. The molecule has 0 atom stereocenters. The van der Waals surface area contributed by atoms with E-state index in [-0.39, 0.29) is 18.5 Å². The van der Waals surface area contributed by atoms with Gasteiger partial charge >= 0.3 is 5.97 Å².